The predicted octanol–water partition coefficient (Wildman–Crippen LogP) is 1.62. The number of aliphatic carboxylic acids is 1. The Morgan fingerprint density at radius 1 is 1.16 bits per heavy atom. The molecule has 1 unspecified atom stereocenters. The normalized spacial score (nSPS) is 23.4. The number of ether oxygens (including phenoxy) is 1. The number of aliphatic hydroxyl groups is 2. The first-order chi connectivity index (χ1) is 14.7. The van der Waals surface area contributed by atoms with Crippen LogP contribution in [0.2, 0.25) is 0 Å². The number of nitrogens with one attached hydrogen (secondary N) is 1. The fourth-order valence-corrected chi connectivity index (χ4v) is 5.09. The van der Waals surface area contributed by atoms with Crippen LogP contribution in [-0.4, -0.2) is 54.6 Å². The van der Waals surface area contributed by atoms with Crippen LogP contribution in [0.1, 0.15) is 30.1 Å². The summed E-state index contributed by atoms with van der Waals surface area (Å²) in [5.41, 5.74) is 1.71. The molecule has 1 heterocycles. The van der Waals surface area contributed by atoms with E-state index in [-0.39, 0.29) is 17.7 Å². The topological polar surface area (TPSA) is 133 Å². The van der Waals surface area contributed by atoms with Crippen molar-refractivity contribution in [1.29, 1.82) is 0 Å². The standard InChI is InChI=1S/C22H27NO7S/c1-14-7-9-17(10-8-14)31(28,29)23-21(22(26)27)18-12-19(15-5-3-2-4-6-15)30-20(18)11-16(25)13-24/h2-10,16,18-21,23-25H,11-13H2,1H3,(H,26,27)/t16?,18-,19+,20+,21+/m0/s1. The molecule has 0 amide bonds. The molecule has 1 saturated heterocycles. The summed E-state index contributed by atoms with van der Waals surface area (Å²) < 4.78 is 34.0. The first kappa shape index (κ1) is 23.4. The van der Waals surface area contributed by atoms with Gasteiger partial charge in [0.1, 0.15) is 6.04 Å². The van der Waals surface area contributed by atoms with Crippen LogP contribution in [0, 0.1) is 12.8 Å². The van der Waals surface area contributed by atoms with Gasteiger partial charge in [0.2, 0.25) is 10.0 Å². The Morgan fingerprint density at radius 2 is 1.81 bits per heavy atom. The van der Waals surface area contributed by atoms with Crippen LogP contribution in [0.25, 0.3) is 0 Å². The number of sulfonamides is 1. The summed E-state index contributed by atoms with van der Waals surface area (Å²) in [5.74, 6) is -2.08. The van der Waals surface area contributed by atoms with Gasteiger partial charge in [-0.1, -0.05) is 48.0 Å². The number of hydrogen-bond acceptors (Lipinski definition) is 6. The molecule has 31 heavy (non-hydrogen) atoms. The molecule has 2 aromatic rings. The molecular formula is C22H27NO7S. The second-order valence-corrected chi connectivity index (χ2v) is 9.51. The Morgan fingerprint density at radius 3 is 2.39 bits per heavy atom. The van der Waals surface area contributed by atoms with Crippen molar-refractivity contribution in [3.8, 4) is 0 Å². The third-order valence-electron chi connectivity index (χ3n) is 5.50. The molecule has 0 aromatic heterocycles. The average Bonchev–Trinajstić information content (AvgIpc) is 3.16. The summed E-state index contributed by atoms with van der Waals surface area (Å²) >= 11 is 0. The molecule has 8 nitrogen and oxygen atoms in total. The highest BCUT2D eigenvalue weighted by atomic mass is 32.2. The molecule has 168 valence electrons. The Kier molecular flexibility index (Phi) is 7.45. The number of rotatable bonds is 9. The largest absolute Gasteiger partial charge is 0.480 e. The van der Waals surface area contributed by atoms with Crippen molar-refractivity contribution in [2.24, 2.45) is 5.92 Å². The van der Waals surface area contributed by atoms with Gasteiger partial charge in [-0.2, -0.15) is 4.72 Å². The molecule has 0 aliphatic carbocycles. The van der Waals surface area contributed by atoms with Crippen molar-refractivity contribution in [2.45, 2.75) is 49.0 Å². The SMILES string of the molecule is Cc1ccc(S(=O)(=O)N[C@@H](C(=O)O)[C@H]2C[C@H](c3ccccc3)O[C@@H]2CC(O)CO)cc1. The second-order valence-electron chi connectivity index (χ2n) is 7.80. The summed E-state index contributed by atoms with van der Waals surface area (Å²) in [6.45, 7) is 1.32. The average molecular weight is 450 g/mol. The lowest BCUT2D eigenvalue weighted by molar-refractivity contribution is -0.141. The highest BCUT2D eigenvalue weighted by molar-refractivity contribution is 7.89. The second kappa shape index (κ2) is 9.88. The van der Waals surface area contributed by atoms with E-state index in [4.69, 9.17) is 4.74 Å². The van der Waals surface area contributed by atoms with Crippen LogP contribution in [-0.2, 0) is 19.6 Å². The maximum atomic E-state index is 12.8. The van der Waals surface area contributed by atoms with Crippen LogP contribution in [0.3, 0.4) is 0 Å². The first-order valence-corrected chi connectivity index (χ1v) is 11.5. The summed E-state index contributed by atoms with van der Waals surface area (Å²) in [4.78, 5) is 12.1. The van der Waals surface area contributed by atoms with E-state index in [9.17, 15) is 28.5 Å². The van der Waals surface area contributed by atoms with Gasteiger partial charge in [0.05, 0.1) is 29.8 Å². The highest BCUT2D eigenvalue weighted by Gasteiger charge is 2.45. The van der Waals surface area contributed by atoms with Crippen LogP contribution in [0.4, 0.5) is 0 Å². The van der Waals surface area contributed by atoms with Crippen molar-refractivity contribution in [1.82, 2.24) is 4.72 Å². The van der Waals surface area contributed by atoms with E-state index < -0.39 is 52.9 Å². The quantitative estimate of drug-likeness (QED) is 0.457. The molecule has 0 spiro atoms. The van der Waals surface area contributed by atoms with Crippen LogP contribution in [0.5, 0.6) is 0 Å². The molecule has 5 atom stereocenters. The van der Waals surface area contributed by atoms with Crippen molar-refractivity contribution in [2.75, 3.05) is 6.61 Å². The molecule has 0 bridgehead atoms. The molecule has 1 fully saturated rings. The van der Waals surface area contributed by atoms with Crippen molar-refractivity contribution < 1.29 is 33.3 Å². The fourth-order valence-electron chi connectivity index (χ4n) is 3.85. The maximum absolute atomic E-state index is 12.8. The van der Waals surface area contributed by atoms with Crippen LogP contribution in [0.15, 0.2) is 59.5 Å². The Bertz CT molecular complexity index is 979. The number of aryl methyl sites for hydroxylation is 1. The Balaban J connectivity index is 1.88. The minimum Gasteiger partial charge on any atom is -0.480 e. The lowest BCUT2D eigenvalue weighted by Crippen LogP contribution is -2.48. The van der Waals surface area contributed by atoms with E-state index >= 15 is 0 Å². The number of carbonyl (C=O) groups is 1. The summed E-state index contributed by atoms with van der Waals surface area (Å²) in [6.07, 6.45) is -2.08. The lowest BCUT2D eigenvalue weighted by Gasteiger charge is -2.26. The Hall–Kier alpha value is -2.30. The molecule has 1 aliphatic rings. The third kappa shape index (κ3) is 5.69. The first-order valence-electron chi connectivity index (χ1n) is 10.0. The van der Waals surface area contributed by atoms with Gasteiger partial charge in [-0.05, 0) is 31.0 Å². The van der Waals surface area contributed by atoms with E-state index in [1.165, 1.54) is 12.1 Å². The monoisotopic (exact) mass is 449 g/mol. The minimum atomic E-state index is -4.10. The third-order valence-corrected chi connectivity index (χ3v) is 6.95. The maximum Gasteiger partial charge on any atom is 0.322 e. The zero-order valence-corrected chi connectivity index (χ0v) is 17.9. The molecule has 2 aromatic carbocycles. The molecule has 4 N–H and O–H groups in total. The summed E-state index contributed by atoms with van der Waals surface area (Å²) in [6, 6.07) is 13.8. The summed E-state index contributed by atoms with van der Waals surface area (Å²) in [5, 5.41) is 29.0. The van der Waals surface area contributed by atoms with Gasteiger partial charge < -0.3 is 20.1 Å². The van der Waals surface area contributed by atoms with Gasteiger partial charge in [-0.25, -0.2) is 8.42 Å². The molecule has 0 radical (unpaired) electrons. The summed E-state index contributed by atoms with van der Waals surface area (Å²) in [7, 11) is -4.10. The number of carboxylic acid groups (broad SMARTS) is 1. The zero-order chi connectivity index (χ0) is 22.6. The lowest BCUT2D eigenvalue weighted by atomic mass is 9.88. The molecule has 9 heteroatoms. The highest BCUT2D eigenvalue weighted by Crippen LogP contribution is 2.40. The van der Waals surface area contributed by atoms with Crippen molar-refractivity contribution in [3.05, 3.63) is 65.7 Å². The van der Waals surface area contributed by atoms with E-state index in [2.05, 4.69) is 4.72 Å². The van der Waals surface area contributed by atoms with E-state index in [1.807, 2.05) is 37.3 Å². The smallest absolute Gasteiger partial charge is 0.322 e. The van der Waals surface area contributed by atoms with E-state index in [0.29, 0.717) is 0 Å². The molecule has 1 aliphatic heterocycles. The predicted molar refractivity (Wildman–Crippen MR) is 113 cm³/mol. The minimum absolute atomic E-state index is 0.0134. The van der Waals surface area contributed by atoms with Gasteiger partial charge in [-0.3, -0.25) is 4.79 Å². The molecule has 3 rings (SSSR count). The van der Waals surface area contributed by atoms with Gasteiger partial charge in [0.15, 0.2) is 0 Å². The number of carboxylic acids is 1. The fraction of sp³-hybridized carbons (Fsp3) is 0.409. The van der Waals surface area contributed by atoms with Gasteiger partial charge >= 0.3 is 5.97 Å². The molecule has 0 saturated carbocycles. The van der Waals surface area contributed by atoms with Gasteiger partial charge in [0, 0.05) is 12.3 Å². The number of hydrogen-bond donors (Lipinski definition) is 4. The molecular weight excluding hydrogens is 422 g/mol. The number of aliphatic hydroxyl groups excluding tert-OH is 2. The van der Waals surface area contributed by atoms with Gasteiger partial charge in [0.25, 0.3) is 0 Å². The van der Waals surface area contributed by atoms with E-state index in [0.717, 1.165) is 11.1 Å². The zero-order valence-electron chi connectivity index (χ0n) is 17.1. The van der Waals surface area contributed by atoms with Crippen molar-refractivity contribution in [3.63, 3.8) is 0 Å². The van der Waals surface area contributed by atoms with Crippen molar-refractivity contribution >= 4 is 16.0 Å². The van der Waals surface area contributed by atoms with Crippen LogP contribution >= 0.6 is 0 Å². The van der Waals surface area contributed by atoms with E-state index in [1.54, 1.807) is 12.1 Å². The van der Waals surface area contributed by atoms with Gasteiger partial charge in [-0.15, -0.1) is 0 Å². The Labute approximate surface area is 181 Å². The number of benzene rings is 2. The van der Waals surface area contributed by atoms with Crippen LogP contribution < -0.4 is 4.72 Å².